The molecule has 0 radical (unpaired) electrons. The minimum atomic E-state index is -0.183. The fourth-order valence-corrected chi connectivity index (χ4v) is 1.52. The Morgan fingerprint density at radius 1 is 1.59 bits per heavy atom. The standard InChI is InChI=1S/C12H17ClN2O2/c1-8-5-10(13)3-4-11(8)17-7-12(16)15-9(2)6-14/h3-5,9H,6-7,14H2,1-2H3,(H,15,16)/t9-/m0/s1. The molecule has 1 aromatic carbocycles. The first-order valence-corrected chi connectivity index (χ1v) is 5.79. The number of nitrogens with two attached hydrogens (primary N) is 1. The van der Waals surface area contributed by atoms with E-state index in [1.165, 1.54) is 0 Å². The molecule has 3 N–H and O–H groups in total. The lowest BCUT2D eigenvalue weighted by Gasteiger charge is -2.13. The molecule has 0 fully saturated rings. The number of halogens is 1. The van der Waals surface area contributed by atoms with Crippen LogP contribution in [0.1, 0.15) is 12.5 Å². The molecule has 1 aromatic rings. The van der Waals surface area contributed by atoms with Gasteiger partial charge < -0.3 is 15.8 Å². The number of hydrogen-bond donors (Lipinski definition) is 2. The molecular formula is C12H17ClN2O2. The number of benzene rings is 1. The van der Waals surface area contributed by atoms with Crippen molar-refractivity contribution in [2.75, 3.05) is 13.2 Å². The lowest BCUT2D eigenvalue weighted by Crippen LogP contribution is -2.40. The summed E-state index contributed by atoms with van der Waals surface area (Å²) in [4.78, 5) is 11.4. The maximum Gasteiger partial charge on any atom is 0.258 e. The van der Waals surface area contributed by atoms with Crippen molar-refractivity contribution in [3.63, 3.8) is 0 Å². The van der Waals surface area contributed by atoms with Gasteiger partial charge in [0, 0.05) is 17.6 Å². The molecule has 0 bridgehead atoms. The molecule has 0 heterocycles. The van der Waals surface area contributed by atoms with E-state index in [0.717, 1.165) is 5.56 Å². The predicted molar refractivity (Wildman–Crippen MR) is 68.3 cm³/mol. The molecule has 0 saturated carbocycles. The molecule has 94 valence electrons. The van der Waals surface area contributed by atoms with Gasteiger partial charge in [0.05, 0.1) is 0 Å². The van der Waals surface area contributed by atoms with Crippen molar-refractivity contribution < 1.29 is 9.53 Å². The Morgan fingerprint density at radius 3 is 2.88 bits per heavy atom. The first-order chi connectivity index (χ1) is 8.02. The van der Waals surface area contributed by atoms with Gasteiger partial charge in [0.1, 0.15) is 5.75 Å². The summed E-state index contributed by atoms with van der Waals surface area (Å²) in [6.45, 7) is 4.10. The molecule has 0 saturated heterocycles. The van der Waals surface area contributed by atoms with Crippen molar-refractivity contribution in [1.82, 2.24) is 5.32 Å². The monoisotopic (exact) mass is 256 g/mol. The number of hydrogen-bond acceptors (Lipinski definition) is 3. The van der Waals surface area contributed by atoms with Crippen LogP contribution in [0.2, 0.25) is 5.02 Å². The highest BCUT2D eigenvalue weighted by Gasteiger charge is 2.07. The van der Waals surface area contributed by atoms with Gasteiger partial charge in [0.15, 0.2) is 6.61 Å². The van der Waals surface area contributed by atoms with E-state index < -0.39 is 0 Å². The Bertz CT molecular complexity index is 396. The summed E-state index contributed by atoms with van der Waals surface area (Å²) < 4.78 is 5.39. The number of ether oxygens (including phenoxy) is 1. The third kappa shape index (κ3) is 4.63. The van der Waals surface area contributed by atoms with E-state index in [-0.39, 0.29) is 18.6 Å². The average molecular weight is 257 g/mol. The zero-order chi connectivity index (χ0) is 12.8. The number of amides is 1. The molecule has 1 amide bonds. The van der Waals surface area contributed by atoms with Gasteiger partial charge in [0.2, 0.25) is 0 Å². The summed E-state index contributed by atoms with van der Waals surface area (Å²) in [5, 5.41) is 3.36. The topological polar surface area (TPSA) is 64.3 Å². The highest BCUT2D eigenvalue weighted by atomic mass is 35.5. The second-order valence-corrected chi connectivity index (χ2v) is 4.34. The fraction of sp³-hybridized carbons (Fsp3) is 0.417. The average Bonchev–Trinajstić information content (AvgIpc) is 2.27. The van der Waals surface area contributed by atoms with Gasteiger partial charge in [-0.2, -0.15) is 0 Å². The highest BCUT2D eigenvalue weighted by Crippen LogP contribution is 2.21. The van der Waals surface area contributed by atoms with Gasteiger partial charge in [0.25, 0.3) is 5.91 Å². The lowest BCUT2D eigenvalue weighted by molar-refractivity contribution is -0.123. The van der Waals surface area contributed by atoms with E-state index in [1.807, 2.05) is 13.8 Å². The Hall–Kier alpha value is -1.26. The van der Waals surface area contributed by atoms with Crippen molar-refractivity contribution in [2.24, 2.45) is 5.73 Å². The summed E-state index contributed by atoms with van der Waals surface area (Å²) >= 11 is 5.82. The van der Waals surface area contributed by atoms with Crippen molar-refractivity contribution in [3.8, 4) is 5.75 Å². The van der Waals surface area contributed by atoms with Gasteiger partial charge in [-0.25, -0.2) is 0 Å². The first kappa shape index (κ1) is 13.8. The molecule has 1 atom stereocenters. The molecule has 0 aliphatic rings. The predicted octanol–water partition coefficient (Wildman–Crippen LogP) is 1.49. The number of aryl methyl sites for hydroxylation is 1. The van der Waals surface area contributed by atoms with Crippen LogP contribution < -0.4 is 15.8 Å². The summed E-state index contributed by atoms with van der Waals surface area (Å²) in [5.74, 6) is 0.474. The summed E-state index contributed by atoms with van der Waals surface area (Å²) in [6.07, 6.45) is 0. The first-order valence-electron chi connectivity index (χ1n) is 5.41. The van der Waals surface area contributed by atoms with E-state index in [9.17, 15) is 4.79 Å². The van der Waals surface area contributed by atoms with Crippen LogP contribution in [-0.4, -0.2) is 25.1 Å². The van der Waals surface area contributed by atoms with Crippen molar-refractivity contribution in [1.29, 1.82) is 0 Å². The van der Waals surface area contributed by atoms with Crippen molar-refractivity contribution in [3.05, 3.63) is 28.8 Å². The van der Waals surface area contributed by atoms with Crippen LogP contribution in [0.4, 0.5) is 0 Å². The number of carbonyl (C=O) groups excluding carboxylic acids is 1. The number of rotatable bonds is 5. The number of carbonyl (C=O) groups is 1. The minimum Gasteiger partial charge on any atom is -0.484 e. The maximum absolute atomic E-state index is 11.4. The van der Waals surface area contributed by atoms with Crippen LogP contribution in [0.25, 0.3) is 0 Å². The van der Waals surface area contributed by atoms with E-state index in [1.54, 1.807) is 18.2 Å². The molecule has 1 rings (SSSR count). The summed E-state index contributed by atoms with van der Waals surface area (Å²) in [6, 6.07) is 5.22. The van der Waals surface area contributed by atoms with Crippen LogP contribution >= 0.6 is 11.6 Å². The molecule has 0 aliphatic carbocycles. The SMILES string of the molecule is Cc1cc(Cl)ccc1OCC(=O)N[C@@H](C)CN. The normalized spacial score (nSPS) is 12.0. The highest BCUT2D eigenvalue weighted by molar-refractivity contribution is 6.30. The van der Waals surface area contributed by atoms with E-state index in [2.05, 4.69) is 5.32 Å². The Labute approximate surface area is 106 Å². The zero-order valence-corrected chi connectivity index (χ0v) is 10.8. The minimum absolute atomic E-state index is 0.0210. The van der Waals surface area contributed by atoms with Crippen LogP contribution in [0.5, 0.6) is 5.75 Å². The van der Waals surface area contributed by atoms with Crippen molar-refractivity contribution in [2.45, 2.75) is 19.9 Å². The molecule has 0 aromatic heterocycles. The fourth-order valence-electron chi connectivity index (χ4n) is 1.29. The lowest BCUT2D eigenvalue weighted by atomic mass is 10.2. The summed E-state index contributed by atoms with van der Waals surface area (Å²) in [7, 11) is 0. The largest absolute Gasteiger partial charge is 0.484 e. The van der Waals surface area contributed by atoms with Gasteiger partial charge in [-0.3, -0.25) is 4.79 Å². The van der Waals surface area contributed by atoms with Gasteiger partial charge in [-0.1, -0.05) is 11.6 Å². The molecule has 17 heavy (non-hydrogen) atoms. The molecule has 4 nitrogen and oxygen atoms in total. The number of nitrogens with one attached hydrogen (secondary N) is 1. The molecule has 0 aliphatic heterocycles. The van der Waals surface area contributed by atoms with E-state index >= 15 is 0 Å². The third-order valence-corrected chi connectivity index (χ3v) is 2.49. The van der Waals surface area contributed by atoms with E-state index in [4.69, 9.17) is 22.1 Å². The smallest absolute Gasteiger partial charge is 0.258 e. The van der Waals surface area contributed by atoms with Crippen LogP contribution in [0, 0.1) is 6.92 Å². The van der Waals surface area contributed by atoms with E-state index in [0.29, 0.717) is 17.3 Å². The molecule has 0 spiro atoms. The van der Waals surface area contributed by atoms with Crippen LogP contribution in [0.15, 0.2) is 18.2 Å². The molecular weight excluding hydrogens is 240 g/mol. The second kappa shape index (κ2) is 6.47. The van der Waals surface area contributed by atoms with Crippen LogP contribution in [-0.2, 0) is 4.79 Å². The third-order valence-electron chi connectivity index (χ3n) is 2.26. The summed E-state index contributed by atoms with van der Waals surface area (Å²) in [5.41, 5.74) is 6.30. The molecule has 0 unspecified atom stereocenters. The Morgan fingerprint density at radius 2 is 2.29 bits per heavy atom. The zero-order valence-electron chi connectivity index (χ0n) is 10.00. The van der Waals surface area contributed by atoms with Gasteiger partial charge in [-0.15, -0.1) is 0 Å². The molecule has 5 heteroatoms. The quantitative estimate of drug-likeness (QED) is 0.839. The van der Waals surface area contributed by atoms with Crippen molar-refractivity contribution >= 4 is 17.5 Å². The Kier molecular flexibility index (Phi) is 5.25. The second-order valence-electron chi connectivity index (χ2n) is 3.90. The van der Waals surface area contributed by atoms with Gasteiger partial charge in [-0.05, 0) is 37.6 Å². The Balaban J connectivity index is 2.47. The maximum atomic E-state index is 11.4. The van der Waals surface area contributed by atoms with Crippen LogP contribution in [0.3, 0.4) is 0 Å². The van der Waals surface area contributed by atoms with Gasteiger partial charge >= 0.3 is 0 Å².